The van der Waals surface area contributed by atoms with Crippen LogP contribution < -0.4 is 19.5 Å². The van der Waals surface area contributed by atoms with Gasteiger partial charge in [-0.3, -0.25) is 0 Å². The number of rotatable bonds is 4. The van der Waals surface area contributed by atoms with E-state index in [0.717, 1.165) is 5.56 Å². The average Bonchev–Trinajstić information content (AvgIpc) is 2.96. The zero-order valence-corrected chi connectivity index (χ0v) is 11.6. The Balaban J connectivity index is 1.86. The molecule has 106 valence electrons. The van der Waals surface area contributed by atoms with Crippen molar-refractivity contribution in [1.82, 2.24) is 5.32 Å². The maximum Gasteiger partial charge on any atom is 0.231 e. The van der Waals surface area contributed by atoms with E-state index >= 15 is 0 Å². The van der Waals surface area contributed by atoms with Crippen LogP contribution in [0, 0.1) is 11.3 Å². The fourth-order valence-corrected chi connectivity index (χ4v) is 2.13. The van der Waals surface area contributed by atoms with Crippen LogP contribution in [-0.4, -0.2) is 13.8 Å². The Hall–Kier alpha value is -2.71. The zero-order chi connectivity index (χ0) is 14.7. The molecule has 0 fully saturated rings. The van der Waals surface area contributed by atoms with Crippen molar-refractivity contribution >= 4 is 0 Å². The van der Waals surface area contributed by atoms with Crippen LogP contribution in [0.3, 0.4) is 0 Å². The van der Waals surface area contributed by atoms with Crippen molar-refractivity contribution in [3.8, 4) is 29.1 Å². The lowest BCUT2D eigenvalue weighted by molar-refractivity contribution is 0.174. The molecule has 0 saturated heterocycles. The largest absolute Gasteiger partial charge is 0.456 e. The topological polar surface area (TPSA) is 63.5 Å². The summed E-state index contributed by atoms with van der Waals surface area (Å²) in [5.41, 5.74) is 1.53. The first-order valence-electron chi connectivity index (χ1n) is 6.55. The second kappa shape index (κ2) is 5.73. The molecule has 3 rings (SSSR count). The summed E-state index contributed by atoms with van der Waals surface area (Å²) in [7, 11) is 1.86. The number of benzene rings is 2. The van der Waals surface area contributed by atoms with Crippen LogP contribution in [0.4, 0.5) is 0 Å². The van der Waals surface area contributed by atoms with Crippen molar-refractivity contribution in [3.63, 3.8) is 0 Å². The van der Waals surface area contributed by atoms with Gasteiger partial charge in [0.15, 0.2) is 11.5 Å². The Morgan fingerprint density at radius 3 is 2.86 bits per heavy atom. The number of fused-ring (bicyclic) bond motifs is 1. The van der Waals surface area contributed by atoms with Gasteiger partial charge in [-0.2, -0.15) is 5.26 Å². The first-order valence-corrected chi connectivity index (χ1v) is 6.55. The Morgan fingerprint density at radius 2 is 2.05 bits per heavy atom. The summed E-state index contributed by atoms with van der Waals surface area (Å²) in [5.74, 6) is 2.48. The highest BCUT2D eigenvalue weighted by atomic mass is 16.7. The predicted molar refractivity (Wildman–Crippen MR) is 76.6 cm³/mol. The average molecular weight is 282 g/mol. The number of nitrogens with zero attached hydrogens (tertiary/aromatic N) is 1. The normalized spacial score (nSPS) is 12.0. The number of hydrogen-bond acceptors (Lipinski definition) is 5. The summed E-state index contributed by atoms with van der Waals surface area (Å²) in [6.45, 7) is 0.930. The second-order valence-corrected chi connectivity index (χ2v) is 4.59. The van der Waals surface area contributed by atoms with E-state index in [1.807, 2.05) is 19.2 Å². The lowest BCUT2D eigenvalue weighted by Gasteiger charge is -2.09. The summed E-state index contributed by atoms with van der Waals surface area (Å²) in [6, 6.07) is 13.0. The van der Waals surface area contributed by atoms with Gasteiger partial charge in [-0.1, -0.05) is 6.07 Å². The molecule has 0 amide bonds. The van der Waals surface area contributed by atoms with Crippen molar-refractivity contribution in [2.75, 3.05) is 13.8 Å². The predicted octanol–water partition coefficient (Wildman–Crippen LogP) is 2.80. The van der Waals surface area contributed by atoms with Crippen LogP contribution >= 0.6 is 0 Å². The molecule has 0 atom stereocenters. The number of hydrogen-bond donors (Lipinski definition) is 1. The molecule has 1 aliphatic rings. The number of ether oxygens (including phenoxy) is 3. The molecule has 0 aromatic heterocycles. The number of nitriles is 1. The molecule has 0 aliphatic carbocycles. The monoisotopic (exact) mass is 282 g/mol. The highest BCUT2D eigenvalue weighted by molar-refractivity contribution is 5.51. The molecular weight excluding hydrogens is 268 g/mol. The molecular formula is C16H14N2O3. The second-order valence-electron chi connectivity index (χ2n) is 4.59. The maximum atomic E-state index is 9.25. The quantitative estimate of drug-likeness (QED) is 0.934. The first-order chi connectivity index (χ1) is 10.3. The van der Waals surface area contributed by atoms with Gasteiger partial charge in [-0.25, -0.2) is 0 Å². The van der Waals surface area contributed by atoms with Gasteiger partial charge in [0.2, 0.25) is 6.79 Å². The minimum atomic E-state index is 0.223. The summed E-state index contributed by atoms with van der Waals surface area (Å²) < 4.78 is 16.3. The van der Waals surface area contributed by atoms with E-state index in [1.165, 1.54) is 0 Å². The van der Waals surface area contributed by atoms with Crippen molar-refractivity contribution < 1.29 is 14.2 Å². The molecule has 0 saturated carbocycles. The van der Waals surface area contributed by atoms with Gasteiger partial charge in [0.05, 0.1) is 5.56 Å². The minimum Gasteiger partial charge on any atom is -0.456 e. The van der Waals surface area contributed by atoms with Gasteiger partial charge in [0.1, 0.15) is 17.6 Å². The van der Waals surface area contributed by atoms with Gasteiger partial charge >= 0.3 is 0 Å². The third-order valence-electron chi connectivity index (χ3n) is 3.12. The van der Waals surface area contributed by atoms with E-state index in [4.69, 9.17) is 14.2 Å². The Labute approximate surface area is 122 Å². The zero-order valence-electron chi connectivity index (χ0n) is 11.6. The van der Waals surface area contributed by atoms with E-state index in [9.17, 15) is 5.26 Å². The fourth-order valence-electron chi connectivity index (χ4n) is 2.13. The van der Waals surface area contributed by atoms with Crippen LogP contribution in [0.1, 0.15) is 11.1 Å². The lowest BCUT2D eigenvalue weighted by Crippen LogP contribution is -2.05. The Kier molecular flexibility index (Phi) is 3.63. The first kappa shape index (κ1) is 13.3. The van der Waals surface area contributed by atoms with E-state index in [1.54, 1.807) is 24.3 Å². The molecule has 1 aliphatic heterocycles. The van der Waals surface area contributed by atoms with Crippen molar-refractivity contribution in [3.05, 3.63) is 47.5 Å². The molecule has 21 heavy (non-hydrogen) atoms. The van der Waals surface area contributed by atoms with E-state index in [-0.39, 0.29) is 6.79 Å². The lowest BCUT2D eigenvalue weighted by atomic mass is 10.1. The third-order valence-corrected chi connectivity index (χ3v) is 3.12. The van der Waals surface area contributed by atoms with Gasteiger partial charge < -0.3 is 19.5 Å². The Morgan fingerprint density at radius 1 is 1.19 bits per heavy atom. The third kappa shape index (κ3) is 2.76. The van der Waals surface area contributed by atoms with Gasteiger partial charge in [0, 0.05) is 12.6 Å². The van der Waals surface area contributed by atoms with Crippen LogP contribution in [0.25, 0.3) is 0 Å². The fraction of sp³-hybridized carbons (Fsp3) is 0.188. The van der Waals surface area contributed by atoms with Crippen LogP contribution in [0.15, 0.2) is 36.4 Å². The molecule has 0 spiro atoms. The van der Waals surface area contributed by atoms with Gasteiger partial charge in [0.25, 0.3) is 0 Å². The van der Waals surface area contributed by atoms with E-state index in [2.05, 4.69) is 11.4 Å². The summed E-state index contributed by atoms with van der Waals surface area (Å²) in [5, 5.41) is 12.3. The van der Waals surface area contributed by atoms with Crippen molar-refractivity contribution in [2.45, 2.75) is 6.54 Å². The van der Waals surface area contributed by atoms with E-state index in [0.29, 0.717) is 35.1 Å². The van der Waals surface area contributed by atoms with Crippen LogP contribution in [-0.2, 0) is 6.54 Å². The molecule has 0 radical (unpaired) electrons. The molecule has 2 aromatic rings. The number of nitrogens with one attached hydrogen (secondary N) is 1. The molecule has 0 bridgehead atoms. The maximum absolute atomic E-state index is 9.25. The molecule has 2 aromatic carbocycles. The Bertz CT molecular complexity index is 707. The SMILES string of the molecule is CNCc1ccc(Oc2ccc3c(c2)OCO3)c(C#N)c1. The van der Waals surface area contributed by atoms with Gasteiger partial charge in [-0.15, -0.1) is 0 Å². The molecule has 5 heteroatoms. The molecule has 1 N–H and O–H groups in total. The molecule has 0 unspecified atom stereocenters. The molecule has 1 heterocycles. The summed E-state index contributed by atoms with van der Waals surface area (Å²) >= 11 is 0. The van der Waals surface area contributed by atoms with Gasteiger partial charge in [-0.05, 0) is 36.9 Å². The highest BCUT2D eigenvalue weighted by Gasteiger charge is 2.14. The summed E-state index contributed by atoms with van der Waals surface area (Å²) in [6.07, 6.45) is 0. The molecule has 5 nitrogen and oxygen atoms in total. The van der Waals surface area contributed by atoms with Crippen molar-refractivity contribution in [2.24, 2.45) is 0 Å². The standard InChI is InChI=1S/C16H14N2O3/c1-18-9-11-2-4-14(12(6-11)8-17)21-13-3-5-15-16(7-13)20-10-19-15/h2-7,18H,9-10H2,1H3. The summed E-state index contributed by atoms with van der Waals surface area (Å²) in [4.78, 5) is 0. The highest BCUT2D eigenvalue weighted by Crippen LogP contribution is 2.37. The van der Waals surface area contributed by atoms with Crippen LogP contribution in [0.2, 0.25) is 0 Å². The van der Waals surface area contributed by atoms with E-state index < -0.39 is 0 Å². The minimum absolute atomic E-state index is 0.223. The van der Waals surface area contributed by atoms with Crippen LogP contribution in [0.5, 0.6) is 23.0 Å². The smallest absolute Gasteiger partial charge is 0.231 e. The van der Waals surface area contributed by atoms with Crippen molar-refractivity contribution in [1.29, 1.82) is 5.26 Å².